The monoisotopic (exact) mass is 335 g/mol. The van der Waals surface area contributed by atoms with Crippen LogP contribution >= 0.6 is 15.9 Å². The number of carbonyl (C=O) groups is 1. The summed E-state index contributed by atoms with van der Waals surface area (Å²) in [7, 11) is 0. The van der Waals surface area contributed by atoms with E-state index in [1.165, 1.54) is 6.42 Å². The Bertz CT molecular complexity index is 503. The molecule has 0 aliphatic carbocycles. The highest BCUT2D eigenvalue weighted by Crippen LogP contribution is 2.27. The van der Waals surface area contributed by atoms with Crippen LogP contribution in [0.2, 0.25) is 0 Å². The molecule has 1 aliphatic rings. The van der Waals surface area contributed by atoms with Gasteiger partial charge in [0.1, 0.15) is 5.92 Å². The minimum atomic E-state index is -0.686. The van der Waals surface area contributed by atoms with Gasteiger partial charge < -0.3 is 4.74 Å². The van der Waals surface area contributed by atoms with E-state index in [4.69, 9.17) is 4.74 Å². The lowest BCUT2D eigenvalue weighted by atomic mass is 9.92. The maximum atomic E-state index is 12.3. The van der Waals surface area contributed by atoms with Crippen molar-refractivity contribution in [3.8, 4) is 6.07 Å². The van der Waals surface area contributed by atoms with Crippen molar-refractivity contribution in [1.29, 1.82) is 5.26 Å². The average molecular weight is 336 g/mol. The van der Waals surface area contributed by atoms with Crippen molar-refractivity contribution >= 4 is 21.7 Å². The lowest BCUT2D eigenvalue weighted by molar-refractivity contribution is -0.120. The molecule has 0 aromatic heterocycles. The number of nitriles is 1. The van der Waals surface area contributed by atoms with E-state index in [-0.39, 0.29) is 11.9 Å². The molecule has 20 heavy (non-hydrogen) atoms. The van der Waals surface area contributed by atoms with E-state index >= 15 is 0 Å². The zero-order chi connectivity index (χ0) is 14.4. The Morgan fingerprint density at radius 1 is 1.45 bits per heavy atom. The van der Waals surface area contributed by atoms with Crippen molar-refractivity contribution in [2.24, 2.45) is 0 Å². The van der Waals surface area contributed by atoms with Crippen molar-refractivity contribution in [3.05, 3.63) is 34.3 Å². The van der Waals surface area contributed by atoms with Crippen molar-refractivity contribution in [2.75, 3.05) is 6.61 Å². The lowest BCUT2D eigenvalue weighted by Gasteiger charge is -2.22. The van der Waals surface area contributed by atoms with Gasteiger partial charge in [-0.3, -0.25) is 4.79 Å². The summed E-state index contributed by atoms with van der Waals surface area (Å²) in [5.41, 5.74) is 0.754. The molecular formula is C16H18BrNO2. The van der Waals surface area contributed by atoms with Gasteiger partial charge in [-0.1, -0.05) is 34.1 Å². The molecule has 4 heteroatoms. The van der Waals surface area contributed by atoms with Crippen molar-refractivity contribution in [1.82, 2.24) is 0 Å². The van der Waals surface area contributed by atoms with Gasteiger partial charge >= 0.3 is 0 Å². The van der Waals surface area contributed by atoms with Crippen molar-refractivity contribution in [2.45, 2.75) is 44.1 Å². The number of carbonyl (C=O) groups excluding carboxylic acids is 1. The summed E-state index contributed by atoms with van der Waals surface area (Å²) in [4.78, 5) is 12.3. The molecule has 0 amide bonds. The highest BCUT2D eigenvalue weighted by Gasteiger charge is 2.23. The summed E-state index contributed by atoms with van der Waals surface area (Å²) in [5, 5.41) is 9.29. The van der Waals surface area contributed by atoms with Crippen LogP contribution in [0.4, 0.5) is 0 Å². The van der Waals surface area contributed by atoms with Gasteiger partial charge in [0.15, 0.2) is 5.78 Å². The topological polar surface area (TPSA) is 50.1 Å². The number of ether oxygens (including phenoxy) is 1. The molecule has 1 aliphatic heterocycles. The third-order valence-electron chi connectivity index (χ3n) is 3.65. The van der Waals surface area contributed by atoms with Gasteiger partial charge in [0, 0.05) is 17.5 Å². The first-order valence-corrected chi connectivity index (χ1v) is 7.80. The number of ketones is 1. The van der Waals surface area contributed by atoms with Gasteiger partial charge in [0.25, 0.3) is 0 Å². The van der Waals surface area contributed by atoms with Crippen LogP contribution in [-0.4, -0.2) is 18.5 Å². The third-order valence-corrected chi connectivity index (χ3v) is 4.38. The summed E-state index contributed by atoms with van der Waals surface area (Å²) in [6.45, 7) is 0.796. The zero-order valence-electron chi connectivity index (χ0n) is 11.3. The van der Waals surface area contributed by atoms with Crippen LogP contribution in [0.15, 0.2) is 28.7 Å². The van der Waals surface area contributed by atoms with E-state index < -0.39 is 5.92 Å². The summed E-state index contributed by atoms with van der Waals surface area (Å²) in [6.07, 6.45) is 4.63. The van der Waals surface area contributed by atoms with Gasteiger partial charge in [-0.2, -0.15) is 5.26 Å². The van der Waals surface area contributed by atoms with Gasteiger partial charge in [-0.25, -0.2) is 0 Å². The molecule has 0 spiro atoms. The Morgan fingerprint density at radius 3 is 2.90 bits per heavy atom. The molecule has 0 saturated carbocycles. The van der Waals surface area contributed by atoms with E-state index in [2.05, 4.69) is 22.0 Å². The Hall–Kier alpha value is -1.18. The minimum Gasteiger partial charge on any atom is -0.378 e. The smallest absolute Gasteiger partial charge is 0.154 e. The van der Waals surface area contributed by atoms with Gasteiger partial charge in [0.2, 0.25) is 0 Å². The maximum absolute atomic E-state index is 12.3. The molecule has 0 N–H and O–H groups in total. The Morgan fingerprint density at radius 2 is 2.25 bits per heavy atom. The molecule has 1 saturated heterocycles. The molecule has 106 valence electrons. The first kappa shape index (κ1) is 15.2. The quantitative estimate of drug-likeness (QED) is 0.817. The fourth-order valence-corrected chi connectivity index (χ4v) is 3.02. The first-order valence-electron chi connectivity index (χ1n) is 7.00. The van der Waals surface area contributed by atoms with Crippen molar-refractivity contribution in [3.63, 3.8) is 0 Å². The van der Waals surface area contributed by atoms with Crippen LogP contribution in [0.3, 0.4) is 0 Å². The van der Waals surface area contributed by atoms with Crippen molar-refractivity contribution < 1.29 is 9.53 Å². The van der Waals surface area contributed by atoms with Crippen LogP contribution in [-0.2, 0) is 9.53 Å². The van der Waals surface area contributed by atoms with Gasteiger partial charge in [-0.15, -0.1) is 0 Å². The highest BCUT2D eigenvalue weighted by molar-refractivity contribution is 9.10. The number of halogens is 1. The standard InChI is InChI=1S/C16H18BrNO2/c17-15-7-2-1-6-13(15)14(11-18)16(19)9-8-12-5-3-4-10-20-12/h1-2,6-7,12,14H,3-5,8-10H2. The second-order valence-corrected chi connectivity index (χ2v) is 5.93. The molecule has 1 fully saturated rings. The van der Waals surface area contributed by atoms with E-state index in [9.17, 15) is 10.1 Å². The summed E-state index contributed by atoms with van der Waals surface area (Å²) >= 11 is 3.41. The molecule has 0 bridgehead atoms. The number of rotatable bonds is 5. The first-order chi connectivity index (χ1) is 9.72. The van der Waals surface area contributed by atoms with Gasteiger partial charge in [-0.05, 0) is 37.3 Å². The lowest BCUT2D eigenvalue weighted by Crippen LogP contribution is -2.21. The molecule has 1 heterocycles. The molecule has 1 aromatic rings. The van der Waals surface area contributed by atoms with Crippen LogP contribution in [0, 0.1) is 11.3 Å². The number of hydrogen-bond acceptors (Lipinski definition) is 3. The zero-order valence-corrected chi connectivity index (χ0v) is 12.9. The number of benzene rings is 1. The summed E-state index contributed by atoms with van der Waals surface area (Å²) in [6, 6.07) is 9.54. The highest BCUT2D eigenvalue weighted by atomic mass is 79.9. The Kier molecular flexibility index (Phi) is 5.75. The van der Waals surface area contributed by atoms with E-state index in [1.807, 2.05) is 24.3 Å². The second-order valence-electron chi connectivity index (χ2n) is 5.08. The molecule has 2 atom stereocenters. The summed E-state index contributed by atoms with van der Waals surface area (Å²) in [5.74, 6) is -0.706. The van der Waals surface area contributed by atoms with Crippen LogP contribution in [0.1, 0.15) is 43.6 Å². The largest absolute Gasteiger partial charge is 0.378 e. The van der Waals surface area contributed by atoms with E-state index in [1.54, 1.807) is 0 Å². The molecule has 2 unspecified atom stereocenters. The van der Waals surface area contributed by atoms with Gasteiger partial charge in [0.05, 0.1) is 12.2 Å². The second kappa shape index (κ2) is 7.56. The number of Topliss-reactive ketones (excluding diaryl/α,β-unsaturated/α-hetero) is 1. The fourth-order valence-electron chi connectivity index (χ4n) is 2.51. The SMILES string of the molecule is N#CC(C(=O)CCC1CCCCO1)c1ccccc1Br. The predicted molar refractivity (Wildman–Crippen MR) is 80.3 cm³/mol. The normalized spacial score (nSPS) is 20.1. The molecule has 3 nitrogen and oxygen atoms in total. The molecular weight excluding hydrogens is 318 g/mol. The summed E-state index contributed by atoms with van der Waals surface area (Å²) < 4.78 is 6.44. The van der Waals surface area contributed by atoms with Crippen LogP contribution in [0.25, 0.3) is 0 Å². The predicted octanol–water partition coefficient (Wildman–Crippen LogP) is 3.97. The third kappa shape index (κ3) is 3.91. The fraction of sp³-hybridized carbons (Fsp3) is 0.500. The average Bonchev–Trinajstić information content (AvgIpc) is 2.49. The number of nitrogens with zero attached hydrogens (tertiary/aromatic N) is 1. The Balaban J connectivity index is 1.96. The molecule has 0 radical (unpaired) electrons. The maximum Gasteiger partial charge on any atom is 0.154 e. The van der Waals surface area contributed by atoms with Crippen LogP contribution in [0.5, 0.6) is 0 Å². The molecule has 1 aromatic carbocycles. The number of hydrogen-bond donors (Lipinski definition) is 0. The Labute approximate surface area is 128 Å². The van der Waals surface area contributed by atoms with E-state index in [0.29, 0.717) is 6.42 Å². The molecule has 2 rings (SSSR count). The van der Waals surface area contributed by atoms with Crippen LogP contribution < -0.4 is 0 Å². The minimum absolute atomic E-state index is 0.0198. The van der Waals surface area contributed by atoms with E-state index in [0.717, 1.165) is 35.9 Å².